The quantitative estimate of drug-likeness (QED) is 0.383. The van der Waals surface area contributed by atoms with Gasteiger partial charge in [0.2, 0.25) is 11.8 Å². The number of carboxylic acids is 1. The number of halogens is 2. The predicted octanol–water partition coefficient (Wildman–Crippen LogP) is 2.47. The maximum atomic E-state index is 13.7. The summed E-state index contributed by atoms with van der Waals surface area (Å²) in [6.07, 6.45) is -0.975. The molecule has 6 N–H and O–H groups in total. The number of aliphatic carboxylic acids is 1. The molecule has 1 heterocycles. The molecule has 2 rings (SSSR count). The largest absolute Gasteiger partial charge is 0.481 e. The number of hydrogen-bond acceptors (Lipinski definition) is 6. The number of carbonyl (C=O) groups excluding carboxylic acids is 2. The average molecular weight is 531 g/mol. The van der Waals surface area contributed by atoms with E-state index in [2.05, 4.69) is 0 Å². The summed E-state index contributed by atoms with van der Waals surface area (Å²) in [5.74, 6) is -2.79. The molecule has 0 radical (unpaired) electrons. The highest BCUT2D eigenvalue weighted by Crippen LogP contribution is 2.32. The molecule has 0 aliphatic carbocycles. The van der Waals surface area contributed by atoms with E-state index in [1.165, 1.54) is 23.1 Å². The van der Waals surface area contributed by atoms with Crippen molar-refractivity contribution in [3.63, 3.8) is 0 Å². The molecule has 0 spiro atoms. The number of primary amides is 1. The minimum absolute atomic E-state index is 0.00926. The van der Waals surface area contributed by atoms with Crippen LogP contribution in [0.2, 0.25) is 5.02 Å². The van der Waals surface area contributed by atoms with Crippen molar-refractivity contribution in [2.75, 3.05) is 24.5 Å². The van der Waals surface area contributed by atoms with Crippen LogP contribution in [0.15, 0.2) is 18.2 Å². The van der Waals surface area contributed by atoms with Crippen LogP contribution in [0.1, 0.15) is 48.0 Å². The number of carbonyl (C=O) groups is 3. The van der Waals surface area contributed by atoms with Crippen LogP contribution in [0, 0.1) is 23.6 Å². The van der Waals surface area contributed by atoms with Crippen LogP contribution in [0.5, 0.6) is 0 Å². The molecule has 1 aliphatic heterocycles. The number of piperazine rings is 1. The minimum Gasteiger partial charge on any atom is -0.481 e. The molecular formula is C25H40ClFN4O5. The molecular weight excluding hydrogens is 491 g/mol. The third-order valence-corrected chi connectivity index (χ3v) is 6.66. The van der Waals surface area contributed by atoms with Crippen molar-refractivity contribution in [3.8, 4) is 0 Å². The molecule has 1 saturated heterocycles. The maximum absolute atomic E-state index is 13.7. The van der Waals surface area contributed by atoms with Gasteiger partial charge in [-0.05, 0) is 44.4 Å². The van der Waals surface area contributed by atoms with Gasteiger partial charge in [-0.25, -0.2) is 4.39 Å². The van der Waals surface area contributed by atoms with Crippen LogP contribution in [-0.4, -0.2) is 70.2 Å². The molecule has 2 amide bonds. The lowest BCUT2D eigenvalue weighted by molar-refractivity contribution is -0.144. The fraction of sp³-hybridized carbons (Fsp3) is 0.640. The van der Waals surface area contributed by atoms with E-state index < -0.39 is 35.4 Å². The van der Waals surface area contributed by atoms with Gasteiger partial charge in [0.1, 0.15) is 5.82 Å². The van der Waals surface area contributed by atoms with Crippen molar-refractivity contribution in [1.82, 2.24) is 4.90 Å². The Morgan fingerprint density at radius 3 is 2.25 bits per heavy atom. The van der Waals surface area contributed by atoms with Crippen molar-refractivity contribution < 1.29 is 29.0 Å². The lowest BCUT2D eigenvalue weighted by atomic mass is 9.87. The highest BCUT2D eigenvalue weighted by atomic mass is 35.5. The van der Waals surface area contributed by atoms with Gasteiger partial charge in [0.25, 0.3) is 0 Å². The molecule has 3 unspecified atom stereocenters. The van der Waals surface area contributed by atoms with E-state index in [9.17, 15) is 29.0 Å². The minimum atomic E-state index is -1.02. The molecule has 1 aromatic carbocycles. The van der Waals surface area contributed by atoms with Crippen LogP contribution < -0.4 is 16.4 Å². The molecule has 204 valence electrons. The summed E-state index contributed by atoms with van der Waals surface area (Å²) in [5, 5.41) is 20.1. The molecule has 0 bridgehead atoms. The predicted molar refractivity (Wildman–Crippen MR) is 138 cm³/mol. The van der Waals surface area contributed by atoms with Crippen LogP contribution >= 0.6 is 11.6 Å². The Morgan fingerprint density at radius 1 is 1.22 bits per heavy atom. The summed E-state index contributed by atoms with van der Waals surface area (Å²) < 4.78 is 13.7. The van der Waals surface area contributed by atoms with E-state index in [0.717, 1.165) is 0 Å². The van der Waals surface area contributed by atoms with Crippen molar-refractivity contribution in [3.05, 3.63) is 29.0 Å². The first-order valence-electron chi connectivity index (χ1n) is 11.9. The SMILES string of the molecule is CC(C)C(CC(O)C(N)CN1CC(=O)N(c2cc(F)ccc2Cl)CC1(C)C)C(=O)O.CC(C)C(N)=O. The van der Waals surface area contributed by atoms with Crippen molar-refractivity contribution in [2.24, 2.45) is 29.2 Å². The van der Waals surface area contributed by atoms with Crippen LogP contribution in [-0.2, 0) is 14.4 Å². The summed E-state index contributed by atoms with van der Waals surface area (Å²) >= 11 is 6.17. The number of amides is 2. The number of aliphatic hydroxyl groups excluding tert-OH is 1. The Balaban J connectivity index is 0.000000960. The Kier molecular flexibility index (Phi) is 11.8. The Hall–Kier alpha value is -2.27. The molecule has 1 aliphatic rings. The molecule has 9 nitrogen and oxygen atoms in total. The number of nitrogens with two attached hydrogens (primary N) is 2. The van der Waals surface area contributed by atoms with E-state index in [-0.39, 0.29) is 54.7 Å². The first kappa shape index (κ1) is 31.8. The summed E-state index contributed by atoms with van der Waals surface area (Å²) in [6, 6.07) is 3.17. The number of benzene rings is 1. The lowest BCUT2D eigenvalue weighted by Crippen LogP contribution is -2.64. The fourth-order valence-electron chi connectivity index (χ4n) is 3.73. The second-order valence-corrected chi connectivity index (χ2v) is 10.9. The summed E-state index contributed by atoms with van der Waals surface area (Å²) in [6.45, 7) is 11.5. The number of carboxylic acid groups (broad SMARTS) is 1. The van der Waals surface area contributed by atoms with Crippen molar-refractivity contribution in [1.29, 1.82) is 0 Å². The maximum Gasteiger partial charge on any atom is 0.306 e. The van der Waals surface area contributed by atoms with E-state index in [1.54, 1.807) is 27.7 Å². The highest BCUT2D eigenvalue weighted by molar-refractivity contribution is 6.33. The molecule has 0 aromatic heterocycles. The molecule has 36 heavy (non-hydrogen) atoms. The number of rotatable bonds is 9. The fourth-order valence-corrected chi connectivity index (χ4v) is 3.95. The Bertz CT molecular complexity index is 928. The Labute approximate surface area is 217 Å². The molecule has 3 atom stereocenters. The average Bonchev–Trinajstić information content (AvgIpc) is 2.75. The first-order chi connectivity index (χ1) is 16.5. The van der Waals surface area contributed by atoms with Gasteiger partial charge in [0.05, 0.1) is 29.3 Å². The number of aliphatic hydroxyl groups is 1. The molecule has 1 aromatic rings. The monoisotopic (exact) mass is 530 g/mol. The van der Waals surface area contributed by atoms with E-state index in [4.69, 9.17) is 23.1 Å². The van der Waals surface area contributed by atoms with Crippen LogP contribution in [0.25, 0.3) is 0 Å². The van der Waals surface area contributed by atoms with E-state index >= 15 is 0 Å². The normalized spacial score (nSPS) is 18.4. The molecule has 1 fully saturated rings. The lowest BCUT2D eigenvalue weighted by Gasteiger charge is -2.47. The van der Waals surface area contributed by atoms with Gasteiger partial charge in [-0.15, -0.1) is 0 Å². The zero-order valence-electron chi connectivity index (χ0n) is 21.9. The number of anilines is 1. The smallest absolute Gasteiger partial charge is 0.306 e. The summed E-state index contributed by atoms with van der Waals surface area (Å²) in [4.78, 5) is 37.4. The second kappa shape index (κ2) is 13.3. The van der Waals surface area contributed by atoms with Gasteiger partial charge in [0.15, 0.2) is 0 Å². The first-order valence-corrected chi connectivity index (χ1v) is 12.3. The van der Waals surface area contributed by atoms with Crippen molar-refractivity contribution in [2.45, 2.75) is 65.6 Å². The number of hydrogen-bond donors (Lipinski definition) is 4. The Morgan fingerprint density at radius 2 is 1.78 bits per heavy atom. The third-order valence-electron chi connectivity index (χ3n) is 6.34. The molecule has 11 heteroatoms. The van der Waals surface area contributed by atoms with Gasteiger partial charge in [-0.3, -0.25) is 19.3 Å². The van der Waals surface area contributed by atoms with Gasteiger partial charge in [-0.1, -0.05) is 39.3 Å². The van der Waals surface area contributed by atoms with Gasteiger partial charge in [-0.2, -0.15) is 0 Å². The third kappa shape index (κ3) is 8.99. The number of nitrogens with zero attached hydrogens (tertiary/aromatic N) is 2. The molecule has 0 saturated carbocycles. The topological polar surface area (TPSA) is 150 Å². The van der Waals surface area contributed by atoms with Crippen LogP contribution in [0.4, 0.5) is 10.1 Å². The summed E-state index contributed by atoms with van der Waals surface area (Å²) in [5.41, 5.74) is 10.8. The van der Waals surface area contributed by atoms with Gasteiger partial charge in [0, 0.05) is 30.6 Å². The highest BCUT2D eigenvalue weighted by Gasteiger charge is 2.40. The standard InChI is InChI=1S/C21H31ClFN3O4.C4H9NO/c1-12(2)14(20(29)30)8-18(27)16(24)9-25-10-19(28)26(11-21(25,3)4)17-7-13(23)5-6-15(17)22;1-3(2)4(5)6/h5-7,12,14,16,18,27H,8-11,24H2,1-4H3,(H,29,30);3H,1-2H3,(H2,5,6). The zero-order chi connectivity index (χ0) is 28.0. The van der Waals surface area contributed by atoms with E-state index in [0.29, 0.717) is 5.69 Å². The second-order valence-electron chi connectivity index (χ2n) is 10.5. The van der Waals surface area contributed by atoms with Crippen LogP contribution in [0.3, 0.4) is 0 Å². The van der Waals surface area contributed by atoms with Gasteiger partial charge >= 0.3 is 5.97 Å². The van der Waals surface area contributed by atoms with Crippen molar-refractivity contribution >= 4 is 35.1 Å². The summed E-state index contributed by atoms with van der Waals surface area (Å²) in [7, 11) is 0. The zero-order valence-corrected chi connectivity index (χ0v) is 22.6. The van der Waals surface area contributed by atoms with Gasteiger partial charge < -0.3 is 26.6 Å². The van der Waals surface area contributed by atoms with E-state index in [1.807, 2.05) is 18.7 Å².